The largest absolute Gasteiger partial charge is 0.497 e. The second kappa shape index (κ2) is 6.27. The van der Waals surface area contributed by atoms with Crippen molar-refractivity contribution in [3.8, 4) is 5.75 Å². The summed E-state index contributed by atoms with van der Waals surface area (Å²) in [5.74, 6) is 0.829. The fourth-order valence-corrected chi connectivity index (χ4v) is 2.44. The van der Waals surface area contributed by atoms with Crippen molar-refractivity contribution in [1.29, 1.82) is 0 Å². The van der Waals surface area contributed by atoms with E-state index in [0.717, 1.165) is 33.9 Å². The lowest BCUT2D eigenvalue weighted by molar-refractivity contribution is -0.103. The van der Waals surface area contributed by atoms with Crippen LogP contribution in [0.2, 0.25) is 0 Å². The van der Waals surface area contributed by atoms with E-state index in [1.807, 2.05) is 72.8 Å². The molecule has 0 fully saturated rings. The van der Waals surface area contributed by atoms with E-state index in [-0.39, 0.29) is 0 Å². The van der Waals surface area contributed by atoms with Crippen LogP contribution in [0.15, 0.2) is 66.7 Å². The highest BCUT2D eigenvalue weighted by molar-refractivity contribution is 6.14. The number of fused-ring (bicyclic) bond motifs is 1. The monoisotopic (exact) mass is 288 g/mol. The third kappa shape index (κ3) is 2.91. The van der Waals surface area contributed by atoms with Gasteiger partial charge < -0.3 is 4.74 Å². The first-order chi connectivity index (χ1) is 10.8. The van der Waals surface area contributed by atoms with Crippen molar-refractivity contribution in [2.45, 2.75) is 0 Å². The number of ether oxygens (including phenoxy) is 1. The summed E-state index contributed by atoms with van der Waals surface area (Å²) in [6.45, 7) is 0. The van der Waals surface area contributed by atoms with Crippen molar-refractivity contribution in [3.63, 3.8) is 0 Å². The van der Waals surface area contributed by atoms with Crippen molar-refractivity contribution < 1.29 is 9.53 Å². The lowest BCUT2D eigenvalue weighted by Gasteiger charge is -2.06. The summed E-state index contributed by atoms with van der Waals surface area (Å²) in [4.78, 5) is 11.5. The number of carbonyl (C=O) groups is 1. The highest BCUT2D eigenvalue weighted by Crippen LogP contribution is 2.25. The smallest absolute Gasteiger partial charge is 0.150 e. The molecule has 3 aromatic rings. The van der Waals surface area contributed by atoms with Crippen LogP contribution in [-0.4, -0.2) is 13.4 Å². The molecule has 108 valence electrons. The van der Waals surface area contributed by atoms with Crippen molar-refractivity contribution in [1.82, 2.24) is 0 Å². The van der Waals surface area contributed by atoms with E-state index in [0.29, 0.717) is 5.57 Å². The molecule has 0 aromatic heterocycles. The SMILES string of the molecule is COc1ccc2cc(/C(C=O)=C\c3ccccc3)ccc2c1. The second-order valence-corrected chi connectivity index (χ2v) is 5.06. The van der Waals surface area contributed by atoms with Crippen LogP contribution in [0.3, 0.4) is 0 Å². The average molecular weight is 288 g/mol. The van der Waals surface area contributed by atoms with E-state index in [2.05, 4.69) is 0 Å². The zero-order valence-corrected chi connectivity index (χ0v) is 12.3. The molecule has 2 heteroatoms. The number of allylic oxidation sites excluding steroid dienone is 1. The highest BCUT2D eigenvalue weighted by atomic mass is 16.5. The molecular weight excluding hydrogens is 272 g/mol. The molecule has 0 saturated carbocycles. The van der Waals surface area contributed by atoms with Crippen molar-refractivity contribution in [3.05, 3.63) is 77.9 Å². The number of benzene rings is 3. The minimum Gasteiger partial charge on any atom is -0.497 e. The van der Waals surface area contributed by atoms with Gasteiger partial charge in [-0.05, 0) is 46.2 Å². The Kier molecular flexibility index (Phi) is 4.01. The van der Waals surface area contributed by atoms with Gasteiger partial charge in [0.15, 0.2) is 6.29 Å². The van der Waals surface area contributed by atoms with Gasteiger partial charge in [-0.1, -0.05) is 48.5 Å². The molecular formula is C20H16O2. The van der Waals surface area contributed by atoms with Crippen LogP contribution in [0.25, 0.3) is 22.4 Å². The Morgan fingerprint density at radius 2 is 1.64 bits per heavy atom. The van der Waals surface area contributed by atoms with Gasteiger partial charge in [-0.15, -0.1) is 0 Å². The van der Waals surface area contributed by atoms with E-state index >= 15 is 0 Å². The lowest BCUT2D eigenvalue weighted by Crippen LogP contribution is -1.88. The predicted octanol–water partition coefficient (Wildman–Crippen LogP) is 4.59. The predicted molar refractivity (Wildman–Crippen MR) is 90.9 cm³/mol. The van der Waals surface area contributed by atoms with E-state index < -0.39 is 0 Å². The highest BCUT2D eigenvalue weighted by Gasteiger charge is 2.03. The maximum Gasteiger partial charge on any atom is 0.150 e. The molecule has 3 aromatic carbocycles. The second-order valence-electron chi connectivity index (χ2n) is 5.06. The van der Waals surface area contributed by atoms with Crippen molar-refractivity contribution >= 4 is 28.7 Å². The molecule has 0 bridgehead atoms. The van der Waals surface area contributed by atoms with Gasteiger partial charge >= 0.3 is 0 Å². The third-order valence-electron chi connectivity index (χ3n) is 3.63. The van der Waals surface area contributed by atoms with Gasteiger partial charge in [-0.2, -0.15) is 0 Å². The average Bonchev–Trinajstić information content (AvgIpc) is 2.59. The van der Waals surface area contributed by atoms with Gasteiger partial charge in [0.1, 0.15) is 5.75 Å². The van der Waals surface area contributed by atoms with Gasteiger partial charge in [0.2, 0.25) is 0 Å². The van der Waals surface area contributed by atoms with Crippen LogP contribution in [0.4, 0.5) is 0 Å². The first kappa shape index (κ1) is 14.1. The van der Waals surface area contributed by atoms with Gasteiger partial charge in [0.05, 0.1) is 7.11 Å². The summed E-state index contributed by atoms with van der Waals surface area (Å²) >= 11 is 0. The Hall–Kier alpha value is -2.87. The Labute approximate surface area is 129 Å². The lowest BCUT2D eigenvalue weighted by atomic mass is 10.00. The Balaban J connectivity index is 2.04. The molecule has 0 atom stereocenters. The molecule has 3 rings (SSSR count). The van der Waals surface area contributed by atoms with Crippen molar-refractivity contribution in [2.75, 3.05) is 7.11 Å². The zero-order valence-electron chi connectivity index (χ0n) is 12.3. The van der Waals surface area contributed by atoms with Crippen LogP contribution >= 0.6 is 0 Å². The molecule has 0 aliphatic rings. The van der Waals surface area contributed by atoms with Crippen LogP contribution in [-0.2, 0) is 4.79 Å². The molecule has 0 saturated heterocycles. The molecule has 0 heterocycles. The quantitative estimate of drug-likeness (QED) is 0.399. The zero-order chi connectivity index (χ0) is 15.4. The minimum absolute atomic E-state index is 0.670. The summed E-state index contributed by atoms with van der Waals surface area (Å²) in [7, 11) is 1.66. The number of hydrogen-bond acceptors (Lipinski definition) is 2. The first-order valence-corrected chi connectivity index (χ1v) is 7.10. The van der Waals surface area contributed by atoms with E-state index in [4.69, 9.17) is 4.74 Å². The van der Waals surface area contributed by atoms with Crippen LogP contribution < -0.4 is 4.74 Å². The van der Waals surface area contributed by atoms with Gasteiger partial charge in [-0.25, -0.2) is 0 Å². The number of methoxy groups -OCH3 is 1. The molecule has 0 amide bonds. The molecule has 0 aliphatic carbocycles. The summed E-state index contributed by atoms with van der Waals surface area (Å²) in [6.07, 6.45) is 2.80. The number of aldehydes is 1. The molecule has 0 N–H and O–H groups in total. The topological polar surface area (TPSA) is 26.3 Å². The van der Waals surface area contributed by atoms with E-state index in [1.54, 1.807) is 7.11 Å². The third-order valence-corrected chi connectivity index (χ3v) is 3.63. The Morgan fingerprint density at radius 3 is 2.36 bits per heavy atom. The fraction of sp³-hybridized carbons (Fsp3) is 0.0500. The summed E-state index contributed by atoms with van der Waals surface area (Å²) in [5.41, 5.74) is 2.60. The van der Waals surface area contributed by atoms with E-state index in [9.17, 15) is 4.79 Å². The van der Waals surface area contributed by atoms with Crippen LogP contribution in [0.5, 0.6) is 5.75 Å². The number of carbonyl (C=O) groups excluding carboxylic acids is 1. The molecule has 0 aliphatic heterocycles. The number of rotatable bonds is 4. The summed E-state index contributed by atoms with van der Waals surface area (Å²) < 4.78 is 5.23. The summed E-state index contributed by atoms with van der Waals surface area (Å²) in [6, 6.07) is 21.8. The van der Waals surface area contributed by atoms with Crippen LogP contribution in [0, 0.1) is 0 Å². The molecule has 22 heavy (non-hydrogen) atoms. The summed E-state index contributed by atoms with van der Waals surface area (Å²) in [5, 5.41) is 2.17. The van der Waals surface area contributed by atoms with Gasteiger partial charge in [0, 0.05) is 5.57 Å². The minimum atomic E-state index is 0.670. The number of hydrogen-bond donors (Lipinski definition) is 0. The van der Waals surface area contributed by atoms with E-state index in [1.165, 1.54) is 0 Å². The molecule has 2 nitrogen and oxygen atoms in total. The Bertz CT molecular complexity index is 833. The van der Waals surface area contributed by atoms with Gasteiger partial charge in [-0.3, -0.25) is 4.79 Å². The standard InChI is InChI=1S/C20H16O2/c1-22-20-10-9-16-12-17(7-8-18(16)13-20)19(14-21)11-15-5-3-2-4-6-15/h2-14H,1H3/b19-11-. The molecule has 0 radical (unpaired) electrons. The normalized spacial score (nSPS) is 11.4. The maximum atomic E-state index is 11.5. The Morgan fingerprint density at radius 1 is 0.909 bits per heavy atom. The maximum absolute atomic E-state index is 11.5. The van der Waals surface area contributed by atoms with Gasteiger partial charge in [0.25, 0.3) is 0 Å². The fourth-order valence-electron chi connectivity index (χ4n) is 2.44. The first-order valence-electron chi connectivity index (χ1n) is 7.10. The molecule has 0 unspecified atom stereocenters. The van der Waals surface area contributed by atoms with Crippen molar-refractivity contribution in [2.24, 2.45) is 0 Å². The molecule has 0 spiro atoms. The van der Waals surface area contributed by atoms with Crippen LogP contribution in [0.1, 0.15) is 11.1 Å².